The van der Waals surface area contributed by atoms with Crippen LogP contribution in [0.25, 0.3) is 0 Å². The molecule has 0 amide bonds. The molecule has 134 valence electrons. The molecule has 0 aliphatic rings. The number of para-hydroxylation sites is 1. The Bertz CT molecular complexity index is 839. The Balaban J connectivity index is 1.53. The van der Waals surface area contributed by atoms with E-state index in [2.05, 4.69) is 26.7 Å². The van der Waals surface area contributed by atoms with Crippen molar-refractivity contribution in [1.29, 1.82) is 0 Å². The van der Waals surface area contributed by atoms with Crippen LogP contribution in [-0.2, 0) is 13.0 Å². The van der Waals surface area contributed by atoms with E-state index in [1.807, 2.05) is 48.5 Å². The van der Waals surface area contributed by atoms with E-state index in [0.29, 0.717) is 12.5 Å². The summed E-state index contributed by atoms with van der Waals surface area (Å²) >= 11 is 5.90. The fourth-order valence-corrected chi connectivity index (χ4v) is 2.69. The van der Waals surface area contributed by atoms with Crippen LogP contribution in [0.15, 0.2) is 60.8 Å². The Kier molecular flexibility index (Phi) is 6.28. The minimum absolute atomic E-state index is 0.585. The summed E-state index contributed by atoms with van der Waals surface area (Å²) in [4.78, 5) is 8.75. The van der Waals surface area contributed by atoms with Gasteiger partial charge in [0, 0.05) is 24.3 Å². The van der Waals surface area contributed by atoms with Gasteiger partial charge in [-0.1, -0.05) is 41.9 Å². The maximum absolute atomic E-state index is 5.90. The second-order valence-corrected chi connectivity index (χ2v) is 6.17. The van der Waals surface area contributed by atoms with Crippen molar-refractivity contribution < 1.29 is 4.74 Å². The lowest BCUT2D eigenvalue weighted by atomic mass is 10.1. The molecule has 0 aliphatic heterocycles. The first-order valence-corrected chi connectivity index (χ1v) is 8.79. The van der Waals surface area contributed by atoms with Crippen molar-refractivity contribution in [3.05, 3.63) is 76.9 Å². The van der Waals surface area contributed by atoms with Crippen LogP contribution in [0.3, 0.4) is 0 Å². The first-order chi connectivity index (χ1) is 12.7. The van der Waals surface area contributed by atoms with Crippen LogP contribution in [0.1, 0.15) is 11.1 Å². The van der Waals surface area contributed by atoms with E-state index < -0.39 is 0 Å². The molecule has 1 heterocycles. The lowest BCUT2D eigenvalue weighted by Gasteiger charge is -2.10. The van der Waals surface area contributed by atoms with E-state index in [-0.39, 0.29) is 0 Å². The van der Waals surface area contributed by atoms with Crippen LogP contribution < -0.4 is 15.4 Å². The molecule has 0 bridgehead atoms. The molecule has 3 aromatic rings. The highest BCUT2D eigenvalue weighted by Gasteiger charge is 2.03. The van der Waals surface area contributed by atoms with Gasteiger partial charge in [0.05, 0.1) is 7.11 Å². The van der Waals surface area contributed by atoms with E-state index in [1.54, 1.807) is 13.3 Å². The topological polar surface area (TPSA) is 59.1 Å². The first-order valence-electron chi connectivity index (χ1n) is 8.42. The van der Waals surface area contributed by atoms with Crippen molar-refractivity contribution in [2.24, 2.45) is 0 Å². The van der Waals surface area contributed by atoms with Gasteiger partial charge in [-0.2, -0.15) is 4.98 Å². The second kappa shape index (κ2) is 9.06. The van der Waals surface area contributed by atoms with Crippen molar-refractivity contribution in [1.82, 2.24) is 9.97 Å². The van der Waals surface area contributed by atoms with E-state index in [0.717, 1.165) is 40.7 Å². The number of ether oxygens (including phenoxy) is 1. The predicted octanol–water partition coefficient (Wildman–Crippen LogP) is 4.41. The van der Waals surface area contributed by atoms with Crippen molar-refractivity contribution in [3.63, 3.8) is 0 Å². The highest BCUT2D eigenvalue weighted by molar-refractivity contribution is 6.30. The average molecular weight is 369 g/mol. The summed E-state index contributed by atoms with van der Waals surface area (Å²) in [5, 5.41) is 7.28. The van der Waals surface area contributed by atoms with Crippen molar-refractivity contribution >= 4 is 23.4 Å². The number of nitrogens with one attached hydrogen (secondary N) is 2. The largest absolute Gasteiger partial charge is 0.496 e. The zero-order valence-corrected chi connectivity index (χ0v) is 15.3. The Morgan fingerprint density at radius 2 is 1.81 bits per heavy atom. The molecule has 0 saturated heterocycles. The third-order valence-corrected chi connectivity index (χ3v) is 4.16. The molecule has 2 aromatic carbocycles. The third-order valence-electron chi connectivity index (χ3n) is 3.91. The van der Waals surface area contributed by atoms with E-state index in [9.17, 15) is 0 Å². The van der Waals surface area contributed by atoms with E-state index >= 15 is 0 Å². The van der Waals surface area contributed by atoms with Gasteiger partial charge in [0.2, 0.25) is 5.95 Å². The number of nitrogens with zero attached hydrogens (tertiary/aromatic N) is 2. The van der Waals surface area contributed by atoms with Gasteiger partial charge in [-0.25, -0.2) is 4.98 Å². The first kappa shape index (κ1) is 18.0. The molecule has 0 saturated carbocycles. The van der Waals surface area contributed by atoms with Gasteiger partial charge < -0.3 is 15.4 Å². The van der Waals surface area contributed by atoms with Gasteiger partial charge in [0.25, 0.3) is 0 Å². The maximum atomic E-state index is 5.90. The van der Waals surface area contributed by atoms with Gasteiger partial charge >= 0.3 is 0 Å². The Hall–Kier alpha value is -2.79. The predicted molar refractivity (Wildman–Crippen MR) is 106 cm³/mol. The van der Waals surface area contributed by atoms with Crippen molar-refractivity contribution in [3.8, 4) is 5.75 Å². The summed E-state index contributed by atoms with van der Waals surface area (Å²) < 4.78 is 5.38. The number of halogens is 1. The lowest BCUT2D eigenvalue weighted by molar-refractivity contribution is 0.410. The van der Waals surface area contributed by atoms with Gasteiger partial charge in [0.15, 0.2) is 0 Å². The Morgan fingerprint density at radius 1 is 1.00 bits per heavy atom. The zero-order chi connectivity index (χ0) is 18.2. The molecule has 3 rings (SSSR count). The van der Waals surface area contributed by atoms with Crippen molar-refractivity contribution in [2.75, 3.05) is 24.3 Å². The molecule has 0 fully saturated rings. The smallest absolute Gasteiger partial charge is 0.224 e. The number of aromatic nitrogens is 2. The quantitative estimate of drug-likeness (QED) is 0.617. The molecule has 0 unspecified atom stereocenters. The Labute approximate surface area is 158 Å². The van der Waals surface area contributed by atoms with E-state index in [4.69, 9.17) is 16.3 Å². The third kappa shape index (κ3) is 5.10. The summed E-state index contributed by atoms with van der Waals surface area (Å²) in [7, 11) is 1.69. The summed E-state index contributed by atoms with van der Waals surface area (Å²) in [5.41, 5.74) is 2.28. The number of rotatable bonds is 8. The molecule has 6 heteroatoms. The van der Waals surface area contributed by atoms with Gasteiger partial charge in [0.1, 0.15) is 11.6 Å². The molecule has 5 nitrogen and oxygen atoms in total. The highest BCUT2D eigenvalue weighted by Crippen LogP contribution is 2.18. The number of anilines is 2. The molecular weight excluding hydrogens is 348 g/mol. The van der Waals surface area contributed by atoms with Crippen LogP contribution in [0.2, 0.25) is 5.02 Å². The SMILES string of the molecule is COc1ccccc1CCNc1ccnc(NCc2ccc(Cl)cc2)n1. The number of hydrogen-bond donors (Lipinski definition) is 2. The van der Waals surface area contributed by atoms with Crippen molar-refractivity contribution in [2.45, 2.75) is 13.0 Å². The summed E-state index contributed by atoms with van der Waals surface area (Å²) in [6, 6.07) is 17.6. The molecule has 0 aliphatic carbocycles. The monoisotopic (exact) mass is 368 g/mol. The van der Waals surface area contributed by atoms with Crippen LogP contribution in [0.5, 0.6) is 5.75 Å². The standard InChI is InChI=1S/C20H21ClN4O/c1-26-18-5-3-2-4-16(18)10-12-22-19-11-13-23-20(25-19)24-14-15-6-8-17(21)9-7-15/h2-9,11,13H,10,12,14H2,1H3,(H2,22,23,24,25). The maximum Gasteiger partial charge on any atom is 0.224 e. The number of benzene rings is 2. The van der Waals surface area contributed by atoms with Crippen LogP contribution >= 0.6 is 11.6 Å². The van der Waals surface area contributed by atoms with Gasteiger partial charge in [-0.05, 0) is 41.8 Å². The minimum Gasteiger partial charge on any atom is -0.496 e. The summed E-state index contributed by atoms with van der Waals surface area (Å²) in [5.74, 6) is 2.28. The van der Waals surface area contributed by atoms with Crippen LogP contribution in [-0.4, -0.2) is 23.6 Å². The van der Waals surface area contributed by atoms with Crippen LogP contribution in [0, 0.1) is 0 Å². The molecule has 26 heavy (non-hydrogen) atoms. The van der Waals surface area contributed by atoms with E-state index in [1.165, 1.54) is 0 Å². The number of hydrogen-bond acceptors (Lipinski definition) is 5. The molecule has 2 N–H and O–H groups in total. The molecule has 0 atom stereocenters. The van der Waals surface area contributed by atoms with Gasteiger partial charge in [-0.15, -0.1) is 0 Å². The average Bonchev–Trinajstić information content (AvgIpc) is 2.68. The molecular formula is C20H21ClN4O. The zero-order valence-electron chi connectivity index (χ0n) is 14.6. The second-order valence-electron chi connectivity index (χ2n) is 5.73. The highest BCUT2D eigenvalue weighted by atomic mass is 35.5. The summed E-state index contributed by atoms with van der Waals surface area (Å²) in [6.07, 6.45) is 2.59. The van der Waals surface area contributed by atoms with Crippen LogP contribution in [0.4, 0.5) is 11.8 Å². The fourth-order valence-electron chi connectivity index (χ4n) is 2.56. The minimum atomic E-state index is 0.585. The van der Waals surface area contributed by atoms with Gasteiger partial charge in [-0.3, -0.25) is 0 Å². The summed E-state index contributed by atoms with van der Waals surface area (Å²) in [6.45, 7) is 1.40. The molecule has 0 spiro atoms. The molecule has 1 aromatic heterocycles. The lowest BCUT2D eigenvalue weighted by Crippen LogP contribution is -2.09. The fraction of sp³-hybridized carbons (Fsp3) is 0.200. The Morgan fingerprint density at radius 3 is 2.62 bits per heavy atom. The normalized spacial score (nSPS) is 10.4. The number of methoxy groups -OCH3 is 1. The molecule has 0 radical (unpaired) electrons.